The van der Waals surface area contributed by atoms with E-state index in [0.29, 0.717) is 6.42 Å². The van der Waals surface area contributed by atoms with Gasteiger partial charge < -0.3 is 34.1 Å². The van der Waals surface area contributed by atoms with E-state index in [1.807, 2.05) is 20.8 Å². The summed E-state index contributed by atoms with van der Waals surface area (Å²) in [6, 6.07) is -1.62. The number of phosphoric acid groups is 2. The van der Waals surface area contributed by atoms with E-state index in [2.05, 4.69) is 15.7 Å². The Labute approximate surface area is 244 Å². The van der Waals surface area contributed by atoms with Crippen LogP contribution >= 0.6 is 15.6 Å². The van der Waals surface area contributed by atoms with Gasteiger partial charge in [0.1, 0.15) is 18.8 Å². The normalized spacial score (nSPS) is 25.6. The summed E-state index contributed by atoms with van der Waals surface area (Å²) in [5.41, 5.74) is 1.16. The molecule has 1 aliphatic rings. The summed E-state index contributed by atoms with van der Waals surface area (Å²) >= 11 is 0. The Hall–Kier alpha value is -2.16. The lowest BCUT2D eigenvalue weighted by Crippen LogP contribution is -2.66. The van der Waals surface area contributed by atoms with Crippen LogP contribution in [0, 0.1) is 5.92 Å². The van der Waals surface area contributed by atoms with Crippen LogP contribution in [-0.2, 0) is 60.6 Å². The van der Waals surface area contributed by atoms with E-state index in [1.54, 1.807) is 0 Å². The number of esters is 3. The molecule has 0 radical (unpaired) electrons. The molecule has 242 valence electrons. The van der Waals surface area contributed by atoms with Crippen LogP contribution < -0.4 is 5.32 Å². The number of carbonyl (C=O) groups excluding carboxylic acids is 4. The molecule has 8 atom stereocenters. The molecule has 1 amide bonds. The molecular formula is C24H41NO15P2. The molecule has 1 heterocycles. The van der Waals surface area contributed by atoms with E-state index < -0.39 is 76.7 Å². The van der Waals surface area contributed by atoms with Gasteiger partial charge in [-0.2, -0.15) is 4.31 Å². The number of phosphoric ester groups is 2. The smallest absolute Gasteiger partial charge is 0.463 e. The first kappa shape index (κ1) is 37.9. The molecule has 0 bridgehead atoms. The minimum absolute atomic E-state index is 0.101. The van der Waals surface area contributed by atoms with Crippen LogP contribution in [0.4, 0.5) is 0 Å². The molecule has 1 aliphatic heterocycles. The third-order valence-corrected chi connectivity index (χ3v) is 8.23. The number of allylic oxidation sites excluding steroid dienone is 2. The van der Waals surface area contributed by atoms with Gasteiger partial charge in [0.15, 0.2) is 18.5 Å². The van der Waals surface area contributed by atoms with Crippen molar-refractivity contribution >= 4 is 39.5 Å². The van der Waals surface area contributed by atoms with Crippen LogP contribution in [0.5, 0.6) is 0 Å². The quantitative estimate of drug-likeness (QED) is 0.0951. The SMILES string of the molecule is CC(=O)N[C@H]1[C@@H](OP(=O)(O)OP(=O)(O)OCCC(C)CCC=C(C)C)O[C@H](COC(C)=O)[C@@H](OC(C)=O)[C@@H]1OC(C)=O. The third-order valence-electron chi connectivity index (χ3n) is 5.59. The molecule has 0 saturated carbocycles. The lowest BCUT2D eigenvalue weighted by atomic mass is 9.96. The van der Waals surface area contributed by atoms with Crippen LogP contribution in [0.25, 0.3) is 0 Å². The van der Waals surface area contributed by atoms with Crippen LogP contribution in [0.1, 0.15) is 67.7 Å². The molecule has 0 aromatic heterocycles. The fourth-order valence-electron chi connectivity index (χ4n) is 3.86. The van der Waals surface area contributed by atoms with Crippen LogP contribution in [0.2, 0.25) is 0 Å². The van der Waals surface area contributed by atoms with Crippen molar-refractivity contribution in [2.24, 2.45) is 5.92 Å². The van der Waals surface area contributed by atoms with Gasteiger partial charge in [-0.25, -0.2) is 9.13 Å². The van der Waals surface area contributed by atoms with Gasteiger partial charge in [-0.1, -0.05) is 18.6 Å². The fraction of sp³-hybridized carbons (Fsp3) is 0.750. The number of amides is 1. The lowest BCUT2D eigenvalue weighted by molar-refractivity contribution is -0.259. The minimum atomic E-state index is -5.51. The van der Waals surface area contributed by atoms with Crippen molar-refractivity contribution in [3.63, 3.8) is 0 Å². The first-order valence-electron chi connectivity index (χ1n) is 13.1. The van der Waals surface area contributed by atoms with Gasteiger partial charge in [0.2, 0.25) is 5.91 Å². The van der Waals surface area contributed by atoms with Crippen LogP contribution in [-0.4, -0.2) is 77.5 Å². The molecule has 3 N–H and O–H groups in total. The highest BCUT2D eigenvalue weighted by molar-refractivity contribution is 7.61. The molecule has 1 fully saturated rings. The molecule has 18 heteroatoms. The van der Waals surface area contributed by atoms with Crippen molar-refractivity contribution in [3.8, 4) is 0 Å². The highest BCUT2D eigenvalue weighted by Crippen LogP contribution is 2.61. The van der Waals surface area contributed by atoms with Crippen molar-refractivity contribution in [1.82, 2.24) is 5.32 Å². The highest BCUT2D eigenvalue weighted by Gasteiger charge is 2.53. The zero-order chi connectivity index (χ0) is 32.3. The lowest BCUT2D eigenvalue weighted by Gasteiger charge is -2.44. The molecule has 42 heavy (non-hydrogen) atoms. The summed E-state index contributed by atoms with van der Waals surface area (Å²) in [5.74, 6) is -3.20. The summed E-state index contributed by atoms with van der Waals surface area (Å²) in [4.78, 5) is 67.5. The molecule has 0 aliphatic carbocycles. The van der Waals surface area contributed by atoms with Crippen LogP contribution in [0.3, 0.4) is 0 Å². The van der Waals surface area contributed by atoms with E-state index in [1.165, 1.54) is 0 Å². The van der Waals surface area contributed by atoms with Crippen molar-refractivity contribution in [1.29, 1.82) is 0 Å². The minimum Gasteiger partial charge on any atom is -0.463 e. The van der Waals surface area contributed by atoms with Gasteiger partial charge in [-0.3, -0.25) is 28.2 Å². The first-order chi connectivity index (χ1) is 19.3. The summed E-state index contributed by atoms with van der Waals surface area (Å²) in [6.07, 6.45) is -2.58. The van der Waals surface area contributed by atoms with Crippen LogP contribution in [0.15, 0.2) is 11.6 Å². The maximum atomic E-state index is 12.8. The number of ether oxygens (including phenoxy) is 4. The number of carbonyl (C=O) groups is 4. The number of rotatable bonds is 16. The first-order valence-corrected chi connectivity index (χ1v) is 16.0. The average Bonchev–Trinajstić information content (AvgIpc) is 2.79. The van der Waals surface area contributed by atoms with Gasteiger partial charge in [0.25, 0.3) is 0 Å². The van der Waals surface area contributed by atoms with Crippen molar-refractivity contribution in [2.45, 2.75) is 98.4 Å². The number of hydrogen-bond acceptors (Lipinski definition) is 13. The second kappa shape index (κ2) is 17.2. The van der Waals surface area contributed by atoms with Gasteiger partial charge in [0.05, 0.1) is 6.61 Å². The highest BCUT2D eigenvalue weighted by atomic mass is 31.3. The van der Waals surface area contributed by atoms with E-state index in [9.17, 15) is 38.1 Å². The predicted octanol–water partition coefficient (Wildman–Crippen LogP) is 2.67. The topological polar surface area (TPSA) is 220 Å². The molecule has 1 saturated heterocycles. The monoisotopic (exact) mass is 645 g/mol. The zero-order valence-electron chi connectivity index (χ0n) is 24.7. The molecule has 0 aromatic rings. The summed E-state index contributed by atoms with van der Waals surface area (Å²) < 4.78 is 60.4. The van der Waals surface area contributed by atoms with Gasteiger partial charge >= 0.3 is 33.6 Å². The molecule has 0 spiro atoms. The Morgan fingerprint density at radius 1 is 0.905 bits per heavy atom. The second-order valence-electron chi connectivity index (χ2n) is 9.93. The van der Waals surface area contributed by atoms with Crippen molar-refractivity contribution in [3.05, 3.63) is 11.6 Å². The second-order valence-corrected chi connectivity index (χ2v) is 12.9. The molecule has 0 aromatic carbocycles. The Kier molecular flexibility index (Phi) is 15.5. The van der Waals surface area contributed by atoms with E-state index >= 15 is 0 Å². The van der Waals surface area contributed by atoms with Crippen molar-refractivity contribution < 1.29 is 70.4 Å². The Balaban J connectivity index is 3.14. The largest absolute Gasteiger partial charge is 0.483 e. The molecule has 3 unspecified atom stereocenters. The maximum Gasteiger partial charge on any atom is 0.483 e. The maximum absolute atomic E-state index is 12.8. The van der Waals surface area contributed by atoms with E-state index in [4.69, 9.17) is 28.0 Å². The fourth-order valence-corrected chi connectivity index (χ4v) is 6.02. The molecule has 16 nitrogen and oxygen atoms in total. The van der Waals surface area contributed by atoms with E-state index in [-0.39, 0.29) is 12.5 Å². The van der Waals surface area contributed by atoms with Gasteiger partial charge in [-0.05, 0) is 39.0 Å². The van der Waals surface area contributed by atoms with Crippen molar-refractivity contribution in [2.75, 3.05) is 13.2 Å². The predicted molar refractivity (Wildman–Crippen MR) is 144 cm³/mol. The molecule has 1 rings (SSSR count). The van der Waals surface area contributed by atoms with Gasteiger partial charge in [-0.15, -0.1) is 0 Å². The standard InChI is InChI=1S/C24H41NO15P2/c1-14(2)9-8-10-15(3)11-12-35-41(30,31)40-42(32,33)39-24-21(25-16(4)26)23(37-19(7)29)22(36-18(6)28)20(38-24)13-34-17(5)27/h9,15,20-24H,8,10-13H2,1-7H3,(H,25,26)(H,30,31)(H,32,33)/t15?,20-,21-,22-,23-,24-/m1/s1. The summed E-state index contributed by atoms with van der Waals surface area (Å²) in [5, 5.41) is 2.31. The third kappa shape index (κ3) is 14.8. The van der Waals surface area contributed by atoms with E-state index in [0.717, 1.165) is 46.1 Å². The average molecular weight is 646 g/mol. The summed E-state index contributed by atoms with van der Waals surface area (Å²) in [6.45, 7) is 9.11. The number of nitrogens with one attached hydrogen (secondary N) is 1. The zero-order valence-corrected chi connectivity index (χ0v) is 26.5. The molecular weight excluding hydrogens is 604 g/mol. The number of hydrogen-bond donors (Lipinski definition) is 3. The Morgan fingerprint density at radius 2 is 1.50 bits per heavy atom. The Morgan fingerprint density at radius 3 is 2.02 bits per heavy atom. The summed E-state index contributed by atoms with van der Waals surface area (Å²) in [7, 11) is -10.7. The Bertz CT molecular complexity index is 1080. The van der Waals surface area contributed by atoms with Gasteiger partial charge in [0, 0.05) is 27.7 Å².